The Morgan fingerprint density at radius 1 is 0.879 bits per heavy atom. The molecule has 0 bridgehead atoms. The van der Waals surface area contributed by atoms with Gasteiger partial charge in [-0.2, -0.15) is 0 Å². The van der Waals surface area contributed by atoms with Crippen molar-refractivity contribution in [1.29, 1.82) is 0 Å². The lowest BCUT2D eigenvalue weighted by Crippen LogP contribution is -2.26. The predicted molar refractivity (Wildman–Crippen MR) is 128 cm³/mol. The number of hydrogen-bond donors (Lipinski definition) is 2. The summed E-state index contributed by atoms with van der Waals surface area (Å²) in [6, 6.07) is 19.7. The van der Waals surface area contributed by atoms with Gasteiger partial charge in [-0.15, -0.1) is 0 Å². The molecule has 0 unspecified atom stereocenters. The maximum absolute atomic E-state index is 12.7. The second-order valence-corrected chi connectivity index (χ2v) is 8.95. The fourth-order valence-corrected chi connectivity index (χ4v) is 4.28. The van der Waals surface area contributed by atoms with Crippen molar-refractivity contribution >= 4 is 21.6 Å². The summed E-state index contributed by atoms with van der Waals surface area (Å²) in [5, 5.41) is 2.95. The smallest absolute Gasteiger partial charge is 0.261 e. The van der Waals surface area contributed by atoms with Crippen molar-refractivity contribution in [2.75, 3.05) is 17.9 Å². The lowest BCUT2D eigenvalue weighted by atomic mass is 10.1. The molecule has 0 heterocycles. The van der Waals surface area contributed by atoms with Gasteiger partial charge in [0.15, 0.2) is 11.5 Å². The molecule has 0 aliphatic carbocycles. The monoisotopic (exact) mass is 468 g/mol. The highest BCUT2D eigenvalue weighted by Crippen LogP contribution is 2.31. The Morgan fingerprint density at radius 2 is 1.52 bits per heavy atom. The molecule has 0 saturated carbocycles. The van der Waals surface area contributed by atoms with Gasteiger partial charge in [0.05, 0.1) is 24.2 Å². The molecule has 3 aromatic rings. The van der Waals surface area contributed by atoms with E-state index in [4.69, 9.17) is 9.47 Å². The van der Waals surface area contributed by atoms with Gasteiger partial charge in [0.25, 0.3) is 15.9 Å². The topological polar surface area (TPSA) is 93.7 Å². The molecule has 0 aromatic heterocycles. The molecule has 1 amide bonds. The second kappa shape index (κ2) is 10.9. The zero-order chi connectivity index (χ0) is 23.8. The van der Waals surface area contributed by atoms with Crippen LogP contribution in [-0.2, 0) is 10.0 Å². The highest BCUT2D eigenvalue weighted by Gasteiger charge is 2.16. The molecule has 0 fully saturated rings. The van der Waals surface area contributed by atoms with Crippen molar-refractivity contribution in [3.63, 3.8) is 0 Å². The van der Waals surface area contributed by atoms with Crippen LogP contribution in [0.4, 0.5) is 5.69 Å². The first kappa shape index (κ1) is 24.1. The van der Waals surface area contributed by atoms with Gasteiger partial charge in [-0.25, -0.2) is 8.42 Å². The average molecular weight is 469 g/mol. The number of nitrogens with one attached hydrogen (secondary N) is 2. The minimum absolute atomic E-state index is 0.169. The number of amides is 1. The summed E-state index contributed by atoms with van der Waals surface area (Å²) in [6.45, 7) is 6.72. The normalized spacial score (nSPS) is 12.0. The molecule has 3 rings (SSSR count). The van der Waals surface area contributed by atoms with E-state index in [1.165, 1.54) is 12.1 Å². The zero-order valence-electron chi connectivity index (χ0n) is 18.9. The minimum Gasteiger partial charge on any atom is -0.490 e. The van der Waals surface area contributed by atoms with Crippen LogP contribution in [0.5, 0.6) is 11.5 Å². The Kier molecular flexibility index (Phi) is 7.95. The van der Waals surface area contributed by atoms with E-state index in [0.717, 1.165) is 5.56 Å². The summed E-state index contributed by atoms with van der Waals surface area (Å²) < 4.78 is 38.7. The number of sulfonamides is 1. The van der Waals surface area contributed by atoms with Gasteiger partial charge in [-0.1, -0.05) is 24.3 Å². The summed E-state index contributed by atoms with van der Waals surface area (Å²) in [5.74, 6) is 1.02. The van der Waals surface area contributed by atoms with Crippen LogP contribution in [0.25, 0.3) is 0 Å². The molecule has 7 nitrogen and oxygen atoms in total. The summed E-state index contributed by atoms with van der Waals surface area (Å²) in [7, 11) is -3.69. The summed E-state index contributed by atoms with van der Waals surface area (Å²) >= 11 is 0. The quantitative estimate of drug-likeness (QED) is 0.447. The Hall–Kier alpha value is -3.52. The van der Waals surface area contributed by atoms with E-state index in [1.54, 1.807) is 42.5 Å². The van der Waals surface area contributed by atoms with Crippen molar-refractivity contribution < 1.29 is 22.7 Å². The van der Waals surface area contributed by atoms with Gasteiger partial charge >= 0.3 is 0 Å². The molecule has 0 aliphatic heterocycles. The Morgan fingerprint density at radius 3 is 2.15 bits per heavy atom. The Balaban J connectivity index is 1.67. The number of rotatable bonds is 10. The van der Waals surface area contributed by atoms with Crippen LogP contribution in [0.1, 0.15) is 42.7 Å². The largest absolute Gasteiger partial charge is 0.490 e. The molecule has 174 valence electrons. The molecule has 1 atom stereocenters. The summed E-state index contributed by atoms with van der Waals surface area (Å²) in [6.07, 6.45) is 0. The summed E-state index contributed by atoms with van der Waals surface area (Å²) in [4.78, 5) is 12.9. The van der Waals surface area contributed by atoms with Gasteiger partial charge < -0.3 is 14.8 Å². The van der Waals surface area contributed by atoms with Gasteiger partial charge in [0.1, 0.15) is 0 Å². The van der Waals surface area contributed by atoms with Crippen molar-refractivity contribution in [2.24, 2.45) is 0 Å². The maximum atomic E-state index is 12.7. The van der Waals surface area contributed by atoms with Crippen molar-refractivity contribution in [1.82, 2.24) is 5.32 Å². The molecule has 33 heavy (non-hydrogen) atoms. The van der Waals surface area contributed by atoms with Crippen LogP contribution in [0.15, 0.2) is 77.7 Å². The van der Waals surface area contributed by atoms with Gasteiger partial charge in [0, 0.05) is 11.3 Å². The van der Waals surface area contributed by atoms with Crippen LogP contribution < -0.4 is 19.5 Å². The van der Waals surface area contributed by atoms with Crippen LogP contribution in [0.3, 0.4) is 0 Å². The number of anilines is 1. The first-order chi connectivity index (χ1) is 15.8. The van der Waals surface area contributed by atoms with Gasteiger partial charge in [-0.05, 0) is 74.9 Å². The molecule has 8 heteroatoms. The molecule has 0 saturated heterocycles. The zero-order valence-corrected chi connectivity index (χ0v) is 19.7. The van der Waals surface area contributed by atoms with E-state index in [0.29, 0.717) is 36.0 Å². The molecule has 2 N–H and O–H groups in total. The molecule has 0 spiro atoms. The molecular formula is C25H28N2O5S. The number of carbonyl (C=O) groups excluding carboxylic acids is 1. The van der Waals surface area contributed by atoms with Crippen molar-refractivity contribution in [3.05, 3.63) is 83.9 Å². The maximum Gasteiger partial charge on any atom is 0.261 e. The van der Waals surface area contributed by atoms with Crippen LogP contribution in [-0.4, -0.2) is 27.5 Å². The van der Waals surface area contributed by atoms with E-state index in [9.17, 15) is 13.2 Å². The van der Waals surface area contributed by atoms with E-state index in [2.05, 4.69) is 10.0 Å². The van der Waals surface area contributed by atoms with Crippen LogP contribution in [0.2, 0.25) is 0 Å². The van der Waals surface area contributed by atoms with E-state index in [-0.39, 0.29) is 16.8 Å². The minimum atomic E-state index is -3.69. The lowest BCUT2D eigenvalue weighted by Gasteiger charge is -2.18. The fraction of sp³-hybridized carbons (Fsp3) is 0.240. The van der Waals surface area contributed by atoms with E-state index in [1.807, 2.05) is 39.0 Å². The first-order valence-corrected chi connectivity index (χ1v) is 12.2. The molecule has 3 aromatic carbocycles. The number of hydrogen-bond acceptors (Lipinski definition) is 5. The number of carbonyl (C=O) groups is 1. The molecule has 0 radical (unpaired) electrons. The van der Waals surface area contributed by atoms with E-state index < -0.39 is 10.0 Å². The lowest BCUT2D eigenvalue weighted by molar-refractivity contribution is 0.0940. The second-order valence-electron chi connectivity index (χ2n) is 7.26. The van der Waals surface area contributed by atoms with Crippen LogP contribution >= 0.6 is 0 Å². The van der Waals surface area contributed by atoms with Gasteiger partial charge in [-0.3, -0.25) is 9.52 Å². The Bertz CT molecular complexity index is 1180. The highest BCUT2D eigenvalue weighted by molar-refractivity contribution is 7.92. The van der Waals surface area contributed by atoms with Gasteiger partial charge in [0.2, 0.25) is 0 Å². The Labute approximate surface area is 194 Å². The third-order valence-electron chi connectivity index (χ3n) is 4.87. The fourth-order valence-electron chi connectivity index (χ4n) is 3.20. The SMILES string of the molecule is CCOc1ccc([C@@H](C)NC(=O)c2ccc(NS(=O)(=O)c3ccccc3)cc2)cc1OCC. The van der Waals surface area contributed by atoms with Crippen LogP contribution in [0, 0.1) is 0 Å². The van der Waals surface area contributed by atoms with Crippen molar-refractivity contribution in [2.45, 2.75) is 31.7 Å². The standard InChI is InChI=1S/C25H28N2O5S/c1-4-31-23-16-13-20(17-24(23)32-5-2)18(3)26-25(28)19-11-14-21(15-12-19)27-33(29,30)22-9-7-6-8-10-22/h6-18,27H,4-5H2,1-3H3,(H,26,28)/t18-/m1/s1. The summed E-state index contributed by atoms with van der Waals surface area (Å²) in [5.41, 5.74) is 1.67. The predicted octanol–water partition coefficient (Wildman–Crippen LogP) is 4.78. The molecule has 0 aliphatic rings. The third kappa shape index (κ3) is 6.26. The number of benzene rings is 3. The highest BCUT2D eigenvalue weighted by atomic mass is 32.2. The molecular weight excluding hydrogens is 440 g/mol. The van der Waals surface area contributed by atoms with Crippen molar-refractivity contribution in [3.8, 4) is 11.5 Å². The number of ether oxygens (including phenoxy) is 2. The van der Waals surface area contributed by atoms with E-state index >= 15 is 0 Å². The first-order valence-electron chi connectivity index (χ1n) is 10.7. The average Bonchev–Trinajstić information content (AvgIpc) is 2.81. The third-order valence-corrected chi connectivity index (χ3v) is 6.27.